The standard InChI is InChI=1S/C34H22N2O/c1-2-9-25-24(8-1)26-11-7-12-27(26)31-20-22(15-17-28(25)31)37-23-16-18-30-29-10-3-4-13-32(29)36(33(30)21-23)34-14-5-6-19-35-34/h1-21,26H. The van der Waals surface area contributed by atoms with Gasteiger partial charge in [-0.15, -0.1) is 0 Å². The Bertz CT molecular complexity index is 1910. The summed E-state index contributed by atoms with van der Waals surface area (Å²) in [5, 5.41) is 2.38. The Morgan fingerprint density at radius 2 is 1.46 bits per heavy atom. The van der Waals surface area contributed by atoms with E-state index >= 15 is 0 Å². The maximum absolute atomic E-state index is 6.49. The molecule has 0 N–H and O–H groups in total. The molecule has 1 atom stereocenters. The molecule has 37 heavy (non-hydrogen) atoms. The molecule has 2 aliphatic rings. The van der Waals surface area contributed by atoms with E-state index in [0.29, 0.717) is 5.92 Å². The molecule has 2 aliphatic carbocycles. The lowest BCUT2D eigenvalue weighted by Gasteiger charge is -2.27. The van der Waals surface area contributed by atoms with Crippen molar-refractivity contribution in [3.8, 4) is 28.4 Å². The normalized spacial score (nSPS) is 15.4. The van der Waals surface area contributed by atoms with Crippen LogP contribution in [0.5, 0.6) is 11.5 Å². The first kappa shape index (κ1) is 20.3. The van der Waals surface area contributed by atoms with Crippen molar-refractivity contribution in [2.24, 2.45) is 0 Å². The van der Waals surface area contributed by atoms with Gasteiger partial charge in [0.15, 0.2) is 0 Å². The Morgan fingerprint density at radius 3 is 2.41 bits per heavy atom. The van der Waals surface area contributed by atoms with Crippen molar-refractivity contribution in [1.82, 2.24) is 9.55 Å². The monoisotopic (exact) mass is 474 g/mol. The van der Waals surface area contributed by atoms with Gasteiger partial charge < -0.3 is 4.74 Å². The summed E-state index contributed by atoms with van der Waals surface area (Å²) in [7, 11) is 0. The maximum Gasteiger partial charge on any atom is 0.137 e. The zero-order valence-corrected chi connectivity index (χ0v) is 20.0. The lowest BCUT2D eigenvalue weighted by molar-refractivity contribution is 0.483. The second kappa shape index (κ2) is 7.81. The molecular weight excluding hydrogens is 452 g/mol. The molecule has 6 aromatic rings. The molecule has 2 heterocycles. The summed E-state index contributed by atoms with van der Waals surface area (Å²) in [6, 6.07) is 36.0. The van der Waals surface area contributed by atoms with E-state index in [1.807, 2.05) is 24.4 Å². The number of para-hydroxylation sites is 1. The Balaban J connectivity index is 1.25. The van der Waals surface area contributed by atoms with Crippen LogP contribution in [-0.4, -0.2) is 9.55 Å². The summed E-state index contributed by atoms with van der Waals surface area (Å²) < 4.78 is 8.70. The van der Waals surface area contributed by atoms with E-state index in [2.05, 4.69) is 113 Å². The van der Waals surface area contributed by atoms with Crippen molar-refractivity contribution in [2.75, 3.05) is 0 Å². The first-order valence-electron chi connectivity index (χ1n) is 12.6. The van der Waals surface area contributed by atoms with Crippen molar-refractivity contribution in [3.63, 3.8) is 0 Å². The molecule has 4 aromatic carbocycles. The minimum atomic E-state index is 0.310. The summed E-state index contributed by atoms with van der Waals surface area (Å²) in [6.07, 6.45) is 8.53. The molecule has 0 aliphatic heterocycles. The molecule has 3 nitrogen and oxygen atoms in total. The van der Waals surface area contributed by atoms with Gasteiger partial charge in [-0.3, -0.25) is 4.57 Å². The lowest BCUT2D eigenvalue weighted by Crippen LogP contribution is -2.07. The van der Waals surface area contributed by atoms with Crippen LogP contribution in [0.3, 0.4) is 0 Å². The minimum Gasteiger partial charge on any atom is -0.457 e. The molecule has 174 valence electrons. The van der Waals surface area contributed by atoms with Crippen LogP contribution in [0.15, 0.2) is 128 Å². The van der Waals surface area contributed by atoms with Gasteiger partial charge in [-0.25, -0.2) is 4.98 Å². The smallest absolute Gasteiger partial charge is 0.137 e. The van der Waals surface area contributed by atoms with Gasteiger partial charge in [0.05, 0.1) is 11.0 Å². The van der Waals surface area contributed by atoms with Crippen LogP contribution in [0.4, 0.5) is 0 Å². The van der Waals surface area contributed by atoms with Crippen LogP contribution >= 0.6 is 0 Å². The number of fused-ring (bicyclic) bond motifs is 9. The van der Waals surface area contributed by atoms with E-state index in [1.54, 1.807) is 0 Å². The number of rotatable bonds is 3. The van der Waals surface area contributed by atoms with E-state index < -0.39 is 0 Å². The fraction of sp³-hybridized carbons (Fsp3) is 0.0294. The van der Waals surface area contributed by atoms with Gasteiger partial charge in [-0.05, 0) is 70.3 Å². The number of nitrogens with zero attached hydrogens (tertiary/aromatic N) is 2. The van der Waals surface area contributed by atoms with Crippen molar-refractivity contribution >= 4 is 27.4 Å². The van der Waals surface area contributed by atoms with Crippen LogP contribution < -0.4 is 4.74 Å². The van der Waals surface area contributed by atoms with E-state index in [1.165, 1.54) is 38.6 Å². The third-order valence-electron chi connectivity index (χ3n) is 7.56. The van der Waals surface area contributed by atoms with Gasteiger partial charge in [0.25, 0.3) is 0 Å². The molecule has 0 saturated heterocycles. The van der Waals surface area contributed by atoms with Crippen LogP contribution in [0.25, 0.3) is 44.3 Å². The zero-order chi connectivity index (χ0) is 24.3. The van der Waals surface area contributed by atoms with Gasteiger partial charge in [-0.2, -0.15) is 0 Å². The molecule has 0 saturated carbocycles. The highest BCUT2D eigenvalue weighted by atomic mass is 16.5. The number of benzene rings is 4. The molecule has 8 rings (SSSR count). The summed E-state index contributed by atoms with van der Waals surface area (Å²) in [5.41, 5.74) is 8.73. The summed E-state index contributed by atoms with van der Waals surface area (Å²) in [4.78, 5) is 4.64. The van der Waals surface area contributed by atoms with E-state index in [4.69, 9.17) is 4.74 Å². The number of allylic oxidation sites excluding steroid dienone is 4. The van der Waals surface area contributed by atoms with Crippen LogP contribution in [-0.2, 0) is 0 Å². The molecule has 2 aromatic heterocycles. The van der Waals surface area contributed by atoms with Crippen LogP contribution in [0.1, 0.15) is 17.0 Å². The van der Waals surface area contributed by atoms with Crippen LogP contribution in [0, 0.1) is 0 Å². The summed E-state index contributed by atoms with van der Waals surface area (Å²) >= 11 is 0. The van der Waals surface area contributed by atoms with E-state index in [-0.39, 0.29) is 0 Å². The van der Waals surface area contributed by atoms with E-state index in [9.17, 15) is 0 Å². The second-order valence-corrected chi connectivity index (χ2v) is 9.60. The number of aromatic nitrogens is 2. The van der Waals surface area contributed by atoms with Crippen molar-refractivity contribution in [2.45, 2.75) is 5.92 Å². The van der Waals surface area contributed by atoms with Gasteiger partial charge in [0.1, 0.15) is 17.3 Å². The molecule has 1 unspecified atom stereocenters. The maximum atomic E-state index is 6.49. The SMILES string of the molecule is C1=CC2C(=C1)c1cc(Oc3ccc4c5ccccc5n(-c5ccccn5)c4c3)ccc1-c1ccccc12. The minimum absolute atomic E-state index is 0.310. The topological polar surface area (TPSA) is 27.1 Å². The van der Waals surface area contributed by atoms with Gasteiger partial charge >= 0.3 is 0 Å². The summed E-state index contributed by atoms with van der Waals surface area (Å²) in [6.45, 7) is 0. The molecule has 3 heteroatoms. The number of hydrogen-bond acceptors (Lipinski definition) is 2. The first-order chi connectivity index (χ1) is 18.3. The predicted octanol–water partition coefficient (Wildman–Crippen LogP) is 8.69. The largest absolute Gasteiger partial charge is 0.457 e. The molecular formula is C34H22N2O. The molecule has 0 spiro atoms. The van der Waals surface area contributed by atoms with E-state index in [0.717, 1.165) is 28.4 Å². The van der Waals surface area contributed by atoms with Crippen molar-refractivity contribution < 1.29 is 4.74 Å². The van der Waals surface area contributed by atoms with Crippen LogP contribution in [0.2, 0.25) is 0 Å². The highest BCUT2D eigenvalue weighted by molar-refractivity contribution is 6.09. The third-order valence-corrected chi connectivity index (χ3v) is 7.56. The van der Waals surface area contributed by atoms with Gasteiger partial charge in [0, 0.05) is 29.0 Å². The average Bonchev–Trinajstić information content (AvgIpc) is 3.57. The Kier molecular flexibility index (Phi) is 4.29. The number of pyridine rings is 1. The average molecular weight is 475 g/mol. The van der Waals surface area contributed by atoms with Crippen molar-refractivity contribution in [3.05, 3.63) is 139 Å². The zero-order valence-electron chi connectivity index (χ0n) is 20.0. The third kappa shape index (κ3) is 3.04. The molecule has 0 radical (unpaired) electrons. The van der Waals surface area contributed by atoms with Crippen molar-refractivity contribution in [1.29, 1.82) is 0 Å². The predicted molar refractivity (Wildman–Crippen MR) is 150 cm³/mol. The Hall–Kier alpha value is -4.89. The summed E-state index contributed by atoms with van der Waals surface area (Å²) in [5.74, 6) is 2.85. The Labute approximate surface area is 214 Å². The number of ether oxygens (including phenoxy) is 1. The Morgan fingerprint density at radius 1 is 0.649 bits per heavy atom. The quantitative estimate of drug-likeness (QED) is 0.256. The fourth-order valence-corrected chi connectivity index (χ4v) is 5.96. The fourth-order valence-electron chi connectivity index (χ4n) is 5.96. The molecule has 0 bridgehead atoms. The number of hydrogen-bond donors (Lipinski definition) is 0. The highest BCUT2D eigenvalue weighted by Crippen LogP contribution is 2.50. The van der Waals surface area contributed by atoms with Gasteiger partial charge in [-0.1, -0.05) is 72.8 Å². The first-order valence-corrected chi connectivity index (χ1v) is 12.6. The highest BCUT2D eigenvalue weighted by Gasteiger charge is 2.29. The van der Waals surface area contributed by atoms with Gasteiger partial charge in [0.2, 0.25) is 0 Å². The lowest BCUT2D eigenvalue weighted by atomic mass is 9.77. The molecule has 0 amide bonds. The molecule has 0 fully saturated rings. The second-order valence-electron chi connectivity index (χ2n) is 9.60.